The van der Waals surface area contributed by atoms with Crippen molar-refractivity contribution in [3.63, 3.8) is 0 Å². The lowest BCUT2D eigenvalue weighted by Crippen LogP contribution is -2.29. The van der Waals surface area contributed by atoms with Crippen molar-refractivity contribution in [1.82, 2.24) is 9.80 Å². The third-order valence-corrected chi connectivity index (χ3v) is 4.94. The molecule has 0 bridgehead atoms. The molecule has 0 N–H and O–H groups in total. The second-order valence-corrected chi connectivity index (χ2v) is 6.84. The van der Waals surface area contributed by atoms with Gasteiger partial charge in [0.15, 0.2) is 0 Å². The van der Waals surface area contributed by atoms with Crippen LogP contribution in [0.1, 0.15) is 25.5 Å². The standard InChI is InChI=1S/C21H24N2O4.ClH/c1-6-23(5)21(25)26-14-11-17(13(2)22(3)4)19-15-9-7-8-10-16(15)20(24)27-18(19)12-14;/h7-13H,6H2,1-5H3;1H. The van der Waals surface area contributed by atoms with Crippen LogP contribution in [-0.2, 0) is 0 Å². The zero-order valence-corrected chi connectivity index (χ0v) is 17.5. The number of carbonyl (C=O) groups excluding carboxylic acids is 1. The van der Waals surface area contributed by atoms with Crippen LogP contribution in [0.4, 0.5) is 4.79 Å². The number of fused-ring (bicyclic) bond motifs is 3. The van der Waals surface area contributed by atoms with Crippen molar-refractivity contribution < 1.29 is 13.9 Å². The molecule has 0 fully saturated rings. The summed E-state index contributed by atoms with van der Waals surface area (Å²) in [6.45, 7) is 4.46. The zero-order chi connectivity index (χ0) is 19.7. The molecular weight excluding hydrogens is 380 g/mol. The Hall–Kier alpha value is -2.57. The van der Waals surface area contributed by atoms with Gasteiger partial charge in [-0.3, -0.25) is 0 Å². The first-order valence-corrected chi connectivity index (χ1v) is 8.92. The van der Waals surface area contributed by atoms with Crippen LogP contribution in [0.5, 0.6) is 5.75 Å². The van der Waals surface area contributed by atoms with Crippen molar-refractivity contribution in [2.45, 2.75) is 19.9 Å². The molecule has 0 aliphatic rings. The third-order valence-electron chi connectivity index (χ3n) is 4.94. The number of benzene rings is 2. The van der Waals surface area contributed by atoms with Crippen LogP contribution in [-0.4, -0.2) is 43.6 Å². The summed E-state index contributed by atoms with van der Waals surface area (Å²) in [4.78, 5) is 28.1. The maximum atomic E-state index is 12.4. The van der Waals surface area contributed by atoms with Crippen molar-refractivity contribution >= 4 is 40.2 Å². The van der Waals surface area contributed by atoms with Gasteiger partial charge in [-0.05, 0) is 45.6 Å². The molecule has 28 heavy (non-hydrogen) atoms. The number of hydrogen-bond donors (Lipinski definition) is 0. The van der Waals surface area contributed by atoms with Gasteiger partial charge in [0.2, 0.25) is 0 Å². The molecule has 2 aromatic carbocycles. The molecule has 1 atom stereocenters. The summed E-state index contributed by atoms with van der Waals surface area (Å²) in [5, 5.41) is 2.22. The van der Waals surface area contributed by atoms with E-state index in [9.17, 15) is 9.59 Å². The first-order valence-electron chi connectivity index (χ1n) is 8.92. The Morgan fingerprint density at radius 1 is 1.14 bits per heavy atom. The molecule has 1 unspecified atom stereocenters. The smallest absolute Gasteiger partial charge is 0.414 e. The van der Waals surface area contributed by atoms with Gasteiger partial charge in [0.1, 0.15) is 11.3 Å². The number of halogens is 1. The van der Waals surface area contributed by atoms with Crippen LogP contribution in [0.25, 0.3) is 21.7 Å². The van der Waals surface area contributed by atoms with E-state index in [-0.39, 0.29) is 18.4 Å². The lowest BCUT2D eigenvalue weighted by Gasteiger charge is -2.23. The monoisotopic (exact) mass is 404 g/mol. The Bertz CT molecular complexity index is 1060. The van der Waals surface area contributed by atoms with Gasteiger partial charge in [-0.25, -0.2) is 9.59 Å². The Kier molecular flexibility index (Phi) is 6.69. The lowest BCUT2D eigenvalue weighted by atomic mass is 9.97. The molecule has 7 heteroatoms. The minimum absolute atomic E-state index is 0. The van der Waals surface area contributed by atoms with E-state index in [1.807, 2.05) is 45.3 Å². The molecule has 3 rings (SSSR count). The fourth-order valence-corrected chi connectivity index (χ4v) is 2.99. The fraction of sp³-hybridized carbons (Fsp3) is 0.333. The van der Waals surface area contributed by atoms with Crippen LogP contribution >= 0.6 is 12.4 Å². The van der Waals surface area contributed by atoms with Crippen LogP contribution in [0.2, 0.25) is 0 Å². The van der Waals surface area contributed by atoms with Gasteiger partial charge in [-0.15, -0.1) is 12.4 Å². The highest BCUT2D eigenvalue weighted by Crippen LogP contribution is 2.35. The highest BCUT2D eigenvalue weighted by Gasteiger charge is 2.20. The summed E-state index contributed by atoms with van der Waals surface area (Å²) < 4.78 is 11.1. The van der Waals surface area contributed by atoms with Crippen molar-refractivity contribution in [3.05, 3.63) is 52.4 Å². The van der Waals surface area contributed by atoms with E-state index in [2.05, 4.69) is 11.8 Å². The van der Waals surface area contributed by atoms with Crippen molar-refractivity contribution in [1.29, 1.82) is 0 Å². The molecule has 0 saturated carbocycles. The molecule has 0 spiro atoms. The quantitative estimate of drug-likeness (QED) is 0.475. The second-order valence-electron chi connectivity index (χ2n) is 6.84. The average molecular weight is 405 g/mol. The molecular formula is C21H25ClN2O4. The van der Waals surface area contributed by atoms with E-state index in [4.69, 9.17) is 9.15 Å². The van der Waals surface area contributed by atoms with Gasteiger partial charge >= 0.3 is 11.7 Å². The van der Waals surface area contributed by atoms with Crippen LogP contribution < -0.4 is 10.4 Å². The van der Waals surface area contributed by atoms with Crippen molar-refractivity contribution in [3.8, 4) is 5.75 Å². The molecule has 1 heterocycles. The van der Waals surface area contributed by atoms with E-state index in [0.29, 0.717) is 23.3 Å². The third kappa shape index (κ3) is 3.98. The Labute approximate surface area is 170 Å². The molecule has 0 radical (unpaired) electrons. The normalized spacial score (nSPS) is 12.1. The van der Waals surface area contributed by atoms with Gasteiger partial charge in [-0.1, -0.05) is 18.2 Å². The first kappa shape index (κ1) is 21.7. The number of carbonyl (C=O) groups is 1. The molecule has 1 amide bonds. The summed E-state index contributed by atoms with van der Waals surface area (Å²) in [6.07, 6.45) is -0.455. The maximum Gasteiger partial charge on any atom is 0.414 e. The number of hydrogen-bond acceptors (Lipinski definition) is 5. The maximum absolute atomic E-state index is 12.4. The molecule has 150 valence electrons. The molecule has 1 aromatic heterocycles. The van der Waals surface area contributed by atoms with Gasteiger partial charge in [-0.2, -0.15) is 0 Å². The van der Waals surface area contributed by atoms with Gasteiger partial charge in [0, 0.05) is 36.5 Å². The minimum atomic E-state index is -0.455. The highest BCUT2D eigenvalue weighted by molar-refractivity contribution is 6.06. The number of ether oxygens (including phenoxy) is 1. The zero-order valence-electron chi connectivity index (χ0n) is 16.7. The van der Waals surface area contributed by atoms with Crippen LogP contribution in [0.15, 0.2) is 45.6 Å². The molecule has 6 nitrogen and oxygen atoms in total. The predicted molar refractivity (Wildman–Crippen MR) is 114 cm³/mol. The molecule has 0 aliphatic heterocycles. The second kappa shape index (κ2) is 8.63. The number of amides is 1. The summed E-state index contributed by atoms with van der Waals surface area (Å²) in [5.41, 5.74) is 0.932. The highest BCUT2D eigenvalue weighted by atomic mass is 35.5. The summed E-state index contributed by atoms with van der Waals surface area (Å²) >= 11 is 0. The lowest BCUT2D eigenvalue weighted by molar-refractivity contribution is 0.165. The van der Waals surface area contributed by atoms with Crippen molar-refractivity contribution in [2.24, 2.45) is 0 Å². The Morgan fingerprint density at radius 2 is 1.79 bits per heavy atom. The Balaban J connectivity index is 0.00000280. The van der Waals surface area contributed by atoms with Gasteiger partial charge in [0.25, 0.3) is 0 Å². The van der Waals surface area contributed by atoms with E-state index < -0.39 is 11.7 Å². The van der Waals surface area contributed by atoms with E-state index in [1.165, 1.54) is 4.90 Å². The van der Waals surface area contributed by atoms with E-state index in [0.717, 1.165) is 16.3 Å². The topological polar surface area (TPSA) is 63.0 Å². The van der Waals surface area contributed by atoms with E-state index >= 15 is 0 Å². The van der Waals surface area contributed by atoms with Crippen LogP contribution in [0, 0.1) is 0 Å². The molecule has 3 aromatic rings. The Morgan fingerprint density at radius 3 is 2.39 bits per heavy atom. The largest absolute Gasteiger partial charge is 0.422 e. The molecule has 0 aliphatic carbocycles. The summed E-state index contributed by atoms with van der Waals surface area (Å²) in [7, 11) is 5.61. The number of rotatable bonds is 4. The predicted octanol–water partition coefficient (Wildman–Crippen LogP) is 4.44. The van der Waals surface area contributed by atoms with E-state index in [1.54, 1.807) is 19.2 Å². The number of nitrogens with zero attached hydrogens (tertiary/aromatic N) is 2. The van der Waals surface area contributed by atoms with Gasteiger partial charge in [0.05, 0.1) is 5.39 Å². The SMILES string of the molecule is CCN(C)C(=O)Oc1cc(C(C)N(C)C)c2c(c1)oc(=O)c1ccccc12.Cl. The summed E-state index contributed by atoms with van der Waals surface area (Å²) in [5.74, 6) is 0.356. The first-order chi connectivity index (χ1) is 12.8. The van der Waals surface area contributed by atoms with Crippen LogP contribution in [0.3, 0.4) is 0 Å². The van der Waals surface area contributed by atoms with Crippen molar-refractivity contribution in [2.75, 3.05) is 27.7 Å². The fourth-order valence-electron chi connectivity index (χ4n) is 2.99. The van der Waals surface area contributed by atoms with Gasteiger partial charge < -0.3 is 19.0 Å². The molecule has 0 saturated heterocycles. The summed E-state index contributed by atoms with van der Waals surface area (Å²) in [6, 6.07) is 10.9. The minimum Gasteiger partial charge on any atom is -0.422 e. The average Bonchev–Trinajstić information content (AvgIpc) is 2.66.